The number of hydrogen-bond donors (Lipinski definition) is 1. The van der Waals surface area contributed by atoms with Gasteiger partial charge < -0.3 is 5.32 Å². The maximum atomic E-state index is 3.66. The Bertz CT molecular complexity index is 307. The van der Waals surface area contributed by atoms with Crippen LogP contribution in [0.5, 0.6) is 0 Å². The van der Waals surface area contributed by atoms with E-state index in [0.29, 0.717) is 6.04 Å². The van der Waals surface area contributed by atoms with E-state index in [2.05, 4.69) is 62.1 Å². The molecule has 0 saturated heterocycles. The van der Waals surface area contributed by atoms with E-state index in [9.17, 15) is 0 Å². The van der Waals surface area contributed by atoms with Gasteiger partial charge >= 0.3 is 0 Å². The standard InChI is InChI=1S/C16H27NS/c1-4-6-12-18-13-16(17-11-5-2)15-9-7-14(3)8-10-15/h7-10,16-17H,4-6,11-13H2,1-3H3. The van der Waals surface area contributed by atoms with E-state index in [0.717, 1.165) is 6.54 Å². The Labute approximate surface area is 117 Å². The highest BCUT2D eigenvalue weighted by Gasteiger charge is 2.10. The highest BCUT2D eigenvalue weighted by molar-refractivity contribution is 7.99. The first kappa shape index (κ1) is 15.6. The molecule has 1 N–H and O–H groups in total. The lowest BCUT2D eigenvalue weighted by atomic mass is 10.1. The van der Waals surface area contributed by atoms with E-state index in [1.807, 2.05) is 0 Å². The summed E-state index contributed by atoms with van der Waals surface area (Å²) in [4.78, 5) is 0. The highest BCUT2D eigenvalue weighted by Crippen LogP contribution is 2.20. The van der Waals surface area contributed by atoms with Crippen LogP contribution in [0.2, 0.25) is 0 Å². The molecule has 1 aromatic carbocycles. The monoisotopic (exact) mass is 265 g/mol. The molecule has 0 bridgehead atoms. The maximum Gasteiger partial charge on any atom is 0.0411 e. The molecule has 0 aliphatic rings. The van der Waals surface area contributed by atoms with Crippen molar-refractivity contribution in [1.82, 2.24) is 5.32 Å². The summed E-state index contributed by atoms with van der Waals surface area (Å²) in [5.41, 5.74) is 2.77. The largest absolute Gasteiger partial charge is 0.309 e. The van der Waals surface area contributed by atoms with Gasteiger partial charge in [0, 0.05) is 11.8 Å². The fourth-order valence-corrected chi connectivity index (χ4v) is 3.04. The van der Waals surface area contributed by atoms with Crippen molar-refractivity contribution in [1.29, 1.82) is 0 Å². The van der Waals surface area contributed by atoms with Crippen molar-refractivity contribution in [3.05, 3.63) is 35.4 Å². The van der Waals surface area contributed by atoms with E-state index in [4.69, 9.17) is 0 Å². The Kier molecular flexibility index (Phi) is 8.19. The number of aryl methyl sites for hydroxylation is 1. The van der Waals surface area contributed by atoms with E-state index in [1.54, 1.807) is 0 Å². The van der Waals surface area contributed by atoms with Gasteiger partial charge in [-0.05, 0) is 37.6 Å². The van der Waals surface area contributed by atoms with Crippen LogP contribution in [-0.4, -0.2) is 18.1 Å². The van der Waals surface area contributed by atoms with Crippen molar-refractivity contribution in [3.8, 4) is 0 Å². The van der Waals surface area contributed by atoms with Crippen molar-refractivity contribution in [3.63, 3.8) is 0 Å². The van der Waals surface area contributed by atoms with E-state index in [1.165, 1.54) is 41.9 Å². The summed E-state index contributed by atoms with van der Waals surface area (Å²) in [6, 6.07) is 9.47. The van der Waals surface area contributed by atoms with Crippen LogP contribution in [0.3, 0.4) is 0 Å². The van der Waals surface area contributed by atoms with E-state index >= 15 is 0 Å². The molecule has 0 radical (unpaired) electrons. The van der Waals surface area contributed by atoms with Crippen LogP contribution in [0.4, 0.5) is 0 Å². The molecule has 1 rings (SSSR count). The first-order chi connectivity index (χ1) is 8.77. The Balaban J connectivity index is 2.51. The fourth-order valence-electron chi connectivity index (χ4n) is 1.84. The summed E-state index contributed by atoms with van der Waals surface area (Å²) in [6.07, 6.45) is 3.83. The molecule has 1 nitrogen and oxygen atoms in total. The first-order valence-electron chi connectivity index (χ1n) is 7.15. The molecule has 0 spiro atoms. The normalized spacial score (nSPS) is 12.6. The molecule has 0 aromatic heterocycles. The highest BCUT2D eigenvalue weighted by atomic mass is 32.2. The zero-order chi connectivity index (χ0) is 13.2. The SMILES string of the molecule is CCCCSCC(NCCC)c1ccc(C)cc1. The Morgan fingerprint density at radius 2 is 1.83 bits per heavy atom. The van der Waals surface area contributed by atoms with Crippen molar-refractivity contribution >= 4 is 11.8 Å². The summed E-state index contributed by atoms with van der Waals surface area (Å²) in [5, 5.41) is 3.66. The Hall–Kier alpha value is -0.470. The van der Waals surface area contributed by atoms with E-state index < -0.39 is 0 Å². The number of benzene rings is 1. The number of unbranched alkanes of at least 4 members (excludes halogenated alkanes) is 1. The number of hydrogen-bond acceptors (Lipinski definition) is 2. The second-order valence-corrected chi connectivity index (χ2v) is 6.00. The third kappa shape index (κ3) is 5.92. The predicted molar refractivity (Wildman–Crippen MR) is 84.4 cm³/mol. The fraction of sp³-hybridized carbons (Fsp3) is 0.625. The summed E-state index contributed by atoms with van der Waals surface area (Å²) in [6.45, 7) is 7.73. The van der Waals surface area contributed by atoms with Crippen molar-refractivity contribution in [2.24, 2.45) is 0 Å². The summed E-state index contributed by atoms with van der Waals surface area (Å²) >= 11 is 2.07. The summed E-state index contributed by atoms with van der Waals surface area (Å²) in [5.74, 6) is 2.47. The van der Waals surface area contributed by atoms with Gasteiger partial charge in [-0.3, -0.25) is 0 Å². The summed E-state index contributed by atoms with van der Waals surface area (Å²) in [7, 11) is 0. The third-order valence-electron chi connectivity index (χ3n) is 3.05. The average Bonchev–Trinajstić information content (AvgIpc) is 2.39. The zero-order valence-corrected chi connectivity index (χ0v) is 12.9. The molecule has 1 unspecified atom stereocenters. The lowest BCUT2D eigenvalue weighted by molar-refractivity contribution is 0.577. The molecule has 18 heavy (non-hydrogen) atoms. The summed E-state index contributed by atoms with van der Waals surface area (Å²) < 4.78 is 0. The van der Waals surface area contributed by atoms with Gasteiger partial charge in [0.25, 0.3) is 0 Å². The minimum atomic E-state index is 0.507. The molecule has 1 atom stereocenters. The second kappa shape index (κ2) is 9.46. The van der Waals surface area contributed by atoms with Gasteiger partial charge in [-0.2, -0.15) is 11.8 Å². The Morgan fingerprint density at radius 3 is 2.44 bits per heavy atom. The van der Waals surface area contributed by atoms with Crippen molar-refractivity contribution < 1.29 is 0 Å². The second-order valence-electron chi connectivity index (χ2n) is 4.85. The molecular formula is C16H27NS. The van der Waals surface area contributed by atoms with Crippen LogP contribution in [0.1, 0.15) is 50.3 Å². The molecule has 0 amide bonds. The molecule has 2 heteroatoms. The van der Waals surface area contributed by atoms with Crippen molar-refractivity contribution in [2.45, 2.75) is 46.1 Å². The molecular weight excluding hydrogens is 238 g/mol. The third-order valence-corrected chi connectivity index (χ3v) is 4.19. The topological polar surface area (TPSA) is 12.0 Å². The van der Waals surface area contributed by atoms with Gasteiger partial charge in [-0.15, -0.1) is 0 Å². The maximum absolute atomic E-state index is 3.66. The molecule has 1 aromatic rings. The smallest absolute Gasteiger partial charge is 0.0411 e. The predicted octanol–water partition coefficient (Wildman–Crippen LogP) is 4.57. The van der Waals surface area contributed by atoms with Crippen LogP contribution in [0.25, 0.3) is 0 Å². The van der Waals surface area contributed by atoms with Gasteiger partial charge in [0.2, 0.25) is 0 Å². The minimum absolute atomic E-state index is 0.507. The van der Waals surface area contributed by atoms with Crippen LogP contribution in [0.15, 0.2) is 24.3 Å². The van der Waals surface area contributed by atoms with Crippen LogP contribution >= 0.6 is 11.8 Å². The van der Waals surface area contributed by atoms with Gasteiger partial charge in [0.1, 0.15) is 0 Å². The molecule has 0 fully saturated rings. The van der Waals surface area contributed by atoms with E-state index in [-0.39, 0.29) is 0 Å². The number of rotatable bonds is 9. The molecule has 0 saturated carbocycles. The van der Waals surface area contributed by atoms with Gasteiger partial charge in [-0.25, -0.2) is 0 Å². The number of nitrogens with one attached hydrogen (secondary N) is 1. The van der Waals surface area contributed by atoms with Crippen LogP contribution < -0.4 is 5.32 Å². The molecule has 102 valence electrons. The Morgan fingerprint density at radius 1 is 1.11 bits per heavy atom. The van der Waals surface area contributed by atoms with Crippen LogP contribution in [-0.2, 0) is 0 Å². The van der Waals surface area contributed by atoms with Gasteiger partial charge in [-0.1, -0.05) is 50.1 Å². The minimum Gasteiger partial charge on any atom is -0.309 e. The van der Waals surface area contributed by atoms with Crippen LogP contribution in [0, 0.1) is 6.92 Å². The molecule has 0 aliphatic heterocycles. The molecule has 0 aliphatic carbocycles. The van der Waals surface area contributed by atoms with Gasteiger partial charge in [0.05, 0.1) is 0 Å². The molecule has 0 heterocycles. The lowest BCUT2D eigenvalue weighted by Gasteiger charge is -2.19. The first-order valence-corrected chi connectivity index (χ1v) is 8.31. The van der Waals surface area contributed by atoms with Crippen molar-refractivity contribution in [2.75, 3.05) is 18.1 Å². The number of thioether (sulfide) groups is 1. The zero-order valence-electron chi connectivity index (χ0n) is 12.0. The lowest BCUT2D eigenvalue weighted by Crippen LogP contribution is -2.24. The quantitative estimate of drug-likeness (QED) is 0.656. The van der Waals surface area contributed by atoms with Gasteiger partial charge in [0.15, 0.2) is 0 Å². The average molecular weight is 265 g/mol.